The van der Waals surface area contributed by atoms with Gasteiger partial charge < -0.3 is 4.52 Å². The normalized spacial score (nSPS) is 13.8. The quantitative estimate of drug-likeness (QED) is 0.411. The van der Waals surface area contributed by atoms with E-state index in [4.69, 9.17) is 4.52 Å². The van der Waals surface area contributed by atoms with Gasteiger partial charge in [0.25, 0.3) is 0 Å². The average molecular weight is 390 g/mol. The highest BCUT2D eigenvalue weighted by atomic mass is 32.1. The summed E-state index contributed by atoms with van der Waals surface area (Å²) in [6.07, 6.45) is 1.72. The van der Waals surface area contributed by atoms with Crippen molar-refractivity contribution < 1.29 is 8.91 Å². The molecule has 1 unspecified atom stereocenters. The number of nitrogens with zero attached hydrogens (tertiary/aromatic N) is 4. The predicted octanol–water partition coefficient (Wildman–Crippen LogP) is 5.44. The molecule has 138 valence electrons. The third-order valence-corrected chi connectivity index (χ3v) is 5.69. The standard InChI is InChI=1S/C21H15FN4OS/c1-12-10-18(28-26-12)16-7-8-17-19(24-16)20(25-27-17)21(2,22)14-5-6-15-13(11-14)4-3-9-23-15/h3-11H,1-2H3. The van der Waals surface area contributed by atoms with Gasteiger partial charge in [-0.25, -0.2) is 9.37 Å². The van der Waals surface area contributed by atoms with Gasteiger partial charge in [0.05, 0.1) is 21.8 Å². The number of fused-ring (bicyclic) bond motifs is 2. The van der Waals surface area contributed by atoms with Gasteiger partial charge in [0, 0.05) is 11.6 Å². The molecule has 0 bridgehead atoms. The van der Waals surface area contributed by atoms with Crippen LogP contribution in [-0.4, -0.2) is 19.5 Å². The van der Waals surface area contributed by atoms with Crippen LogP contribution in [-0.2, 0) is 5.67 Å². The molecule has 0 amide bonds. The Bertz CT molecular complexity index is 1320. The van der Waals surface area contributed by atoms with Crippen LogP contribution in [0, 0.1) is 6.92 Å². The van der Waals surface area contributed by atoms with E-state index in [0.717, 1.165) is 27.2 Å². The van der Waals surface area contributed by atoms with Gasteiger partial charge >= 0.3 is 0 Å². The molecule has 0 saturated heterocycles. The first-order chi connectivity index (χ1) is 13.5. The number of aromatic nitrogens is 4. The molecule has 4 aromatic heterocycles. The zero-order valence-electron chi connectivity index (χ0n) is 15.2. The average Bonchev–Trinajstić information content (AvgIpc) is 3.33. The van der Waals surface area contributed by atoms with E-state index in [-0.39, 0.29) is 5.69 Å². The molecule has 0 saturated carbocycles. The van der Waals surface area contributed by atoms with E-state index in [0.29, 0.717) is 16.7 Å². The van der Waals surface area contributed by atoms with Crippen molar-refractivity contribution in [1.29, 1.82) is 0 Å². The molecule has 0 aliphatic heterocycles. The van der Waals surface area contributed by atoms with Crippen molar-refractivity contribution >= 4 is 33.5 Å². The monoisotopic (exact) mass is 390 g/mol. The first kappa shape index (κ1) is 16.9. The first-order valence-corrected chi connectivity index (χ1v) is 9.54. The fraction of sp³-hybridized carbons (Fsp3) is 0.143. The minimum absolute atomic E-state index is 0.161. The van der Waals surface area contributed by atoms with Crippen molar-refractivity contribution in [2.75, 3.05) is 0 Å². The Hall–Kier alpha value is -3.19. The molecule has 5 rings (SSSR count). The van der Waals surface area contributed by atoms with Crippen molar-refractivity contribution in [3.8, 4) is 10.6 Å². The highest BCUT2D eigenvalue weighted by Crippen LogP contribution is 2.38. The minimum atomic E-state index is -1.87. The molecule has 0 N–H and O–H groups in total. The second kappa shape index (κ2) is 6.17. The maximum absolute atomic E-state index is 16.0. The Labute approximate surface area is 164 Å². The van der Waals surface area contributed by atoms with Gasteiger partial charge in [0.1, 0.15) is 5.52 Å². The van der Waals surface area contributed by atoms with Gasteiger partial charge in [0.15, 0.2) is 16.9 Å². The summed E-state index contributed by atoms with van der Waals surface area (Å²) >= 11 is 1.36. The molecular weight excluding hydrogens is 375 g/mol. The van der Waals surface area contributed by atoms with Crippen molar-refractivity contribution in [1.82, 2.24) is 19.5 Å². The van der Waals surface area contributed by atoms with Crippen molar-refractivity contribution in [2.45, 2.75) is 19.5 Å². The lowest BCUT2D eigenvalue weighted by atomic mass is 9.92. The highest BCUT2D eigenvalue weighted by Gasteiger charge is 2.35. The summed E-state index contributed by atoms with van der Waals surface area (Å²) in [7, 11) is 0. The molecule has 1 atom stereocenters. The number of hydrogen-bond donors (Lipinski definition) is 0. The van der Waals surface area contributed by atoms with Crippen molar-refractivity contribution in [3.05, 3.63) is 71.7 Å². The lowest BCUT2D eigenvalue weighted by Gasteiger charge is -2.18. The smallest absolute Gasteiger partial charge is 0.185 e. The summed E-state index contributed by atoms with van der Waals surface area (Å²) in [5.74, 6) is 0. The van der Waals surface area contributed by atoms with Crippen LogP contribution < -0.4 is 0 Å². The van der Waals surface area contributed by atoms with Crippen LogP contribution >= 0.6 is 11.5 Å². The third kappa shape index (κ3) is 2.66. The summed E-state index contributed by atoms with van der Waals surface area (Å²) < 4.78 is 25.6. The molecule has 0 aliphatic carbocycles. The summed E-state index contributed by atoms with van der Waals surface area (Å²) in [4.78, 5) is 9.85. The van der Waals surface area contributed by atoms with E-state index in [1.165, 1.54) is 18.5 Å². The van der Waals surface area contributed by atoms with Crippen molar-refractivity contribution in [3.63, 3.8) is 0 Å². The topological polar surface area (TPSA) is 64.7 Å². The van der Waals surface area contributed by atoms with E-state index in [1.807, 2.05) is 37.3 Å². The molecule has 4 heterocycles. The fourth-order valence-corrected chi connectivity index (χ4v) is 3.99. The molecule has 7 heteroatoms. The second-order valence-electron chi connectivity index (χ2n) is 6.82. The van der Waals surface area contributed by atoms with Gasteiger partial charge in [-0.05, 0) is 67.3 Å². The second-order valence-corrected chi connectivity index (χ2v) is 7.63. The van der Waals surface area contributed by atoms with E-state index in [9.17, 15) is 0 Å². The van der Waals surface area contributed by atoms with Crippen LogP contribution in [0.15, 0.2) is 59.3 Å². The van der Waals surface area contributed by atoms with E-state index < -0.39 is 5.67 Å². The molecule has 0 spiro atoms. The fourth-order valence-electron chi connectivity index (χ4n) is 3.26. The van der Waals surface area contributed by atoms with Gasteiger partial charge in [-0.3, -0.25) is 4.98 Å². The van der Waals surface area contributed by atoms with Gasteiger partial charge in [0.2, 0.25) is 0 Å². The molecule has 5 nitrogen and oxygen atoms in total. The van der Waals surface area contributed by atoms with Crippen LogP contribution in [0.1, 0.15) is 23.9 Å². The number of benzene rings is 1. The summed E-state index contributed by atoms with van der Waals surface area (Å²) in [6, 6.07) is 14.6. The van der Waals surface area contributed by atoms with Gasteiger partial charge in [-0.2, -0.15) is 4.37 Å². The lowest BCUT2D eigenvalue weighted by Crippen LogP contribution is -2.18. The summed E-state index contributed by atoms with van der Waals surface area (Å²) in [6.45, 7) is 3.41. The predicted molar refractivity (Wildman–Crippen MR) is 107 cm³/mol. The van der Waals surface area contributed by atoms with Gasteiger partial charge in [-0.15, -0.1) is 0 Å². The number of alkyl halides is 1. The molecule has 1 aromatic carbocycles. The molecular formula is C21H15FN4OS. The maximum atomic E-state index is 16.0. The number of halogens is 1. The van der Waals surface area contributed by atoms with Crippen molar-refractivity contribution in [2.24, 2.45) is 0 Å². The maximum Gasteiger partial charge on any atom is 0.185 e. The summed E-state index contributed by atoms with van der Waals surface area (Å²) in [5.41, 5.74) is 2.09. The molecule has 28 heavy (non-hydrogen) atoms. The van der Waals surface area contributed by atoms with Crippen LogP contribution in [0.2, 0.25) is 0 Å². The molecule has 0 aliphatic rings. The highest BCUT2D eigenvalue weighted by molar-refractivity contribution is 7.09. The van der Waals surface area contributed by atoms with E-state index in [2.05, 4.69) is 19.5 Å². The van der Waals surface area contributed by atoms with Crippen LogP contribution in [0.5, 0.6) is 0 Å². The minimum Gasteiger partial charge on any atom is -0.354 e. The Morgan fingerprint density at radius 3 is 2.82 bits per heavy atom. The van der Waals surface area contributed by atoms with Crippen LogP contribution in [0.4, 0.5) is 4.39 Å². The van der Waals surface area contributed by atoms with Crippen LogP contribution in [0.25, 0.3) is 32.6 Å². The largest absolute Gasteiger partial charge is 0.354 e. The molecule has 0 radical (unpaired) electrons. The Balaban J connectivity index is 1.65. The number of aryl methyl sites for hydroxylation is 1. The van der Waals surface area contributed by atoms with Gasteiger partial charge in [-0.1, -0.05) is 17.3 Å². The number of pyridine rings is 2. The Morgan fingerprint density at radius 1 is 1.11 bits per heavy atom. The zero-order chi connectivity index (χ0) is 19.3. The lowest BCUT2D eigenvalue weighted by molar-refractivity contribution is 0.235. The number of rotatable bonds is 3. The zero-order valence-corrected chi connectivity index (χ0v) is 16.0. The number of hydrogen-bond acceptors (Lipinski definition) is 6. The first-order valence-electron chi connectivity index (χ1n) is 8.77. The SMILES string of the molecule is Cc1cc(-c2ccc3onc(C(C)(F)c4ccc5ncccc5c4)c3n2)sn1. The third-order valence-electron chi connectivity index (χ3n) is 4.79. The van der Waals surface area contributed by atoms with Crippen LogP contribution in [0.3, 0.4) is 0 Å². The Morgan fingerprint density at radius 2 is 2.00 bits per heavy atom. The molecule has 5 aromatic rings. The van der Waals surface area contributed by atoms with E-state index >= 15 is 4.39 Å². The molecule has 0 fully saturated rings. The summed E-state index contributed by atoms with van der Waals surface area (Å²) in [5, 5.41) is 4.89. The van der Waals surface area contributed by atoms with E-state index in [1.54, 1.807) is 24.4 Å². The Kier molecular flexibility index (Phi) is 3.73.